The largest absolute Gasteiger partial charge is 0.493 e. The van der Waals surface area contributed by atoms with Crippen LogP contribution in [-0.2, 0) is 14.3 Å². The Morgan fingerprint density at radius 2 is 1.96 bits per heavy atom. The molecule has 1 saturated heterocycles. The van der Waals surface area contributed by atoms with Gasteiger partial charge >= 0.3 is 0 Å². The number of nitrogens with one attached hydrogen (secondary N) is 1. The molecule has 1 heterocycles. The van der Waals surface area contributed by atoms with Crippen LogP contribution in [-0.4, -0.2) is 44.2 Å². The number of anilines is 1. The Morgan fingerprint density at radius 1 is 1.18 bits per heavy atom. The predicted octanol–water partition coefficient (Wildman–Crippen LogP) is 2.62. The van der Waals surface area contributed by atoms with Crippen molar-refractivity contribution in [2.75, 3.05) is 31.2 Å². The van der Waals surface area contributed by atoms with Crippen molar-refractivity contribution in [2.45, 2.75) is 26.4 Å². The molecule has 1 N–H and O–H groups in total. The third kappa shape index (κ3) is 5.33. The van der Waals surface area contributed by atoms with Crippen molar-refractivity contribution < 1.29 is 19.1 Å². The number of rotatable bonds is 7. The number of carbonyl (C=O) groups is 2. The monoisotopic (exact) mass is 382 g/mol. The fraction of sp³-hybridized carbons (Fsp3) is 0.364. The van der Waals surface area contributed by atoms with Crippen molar-refractivity contribution in [3.05, 3.63) is 59.7 Å². The van der Waals surface area contributed by atoms with E-state index in [1.54, 1.807) is 4.90 Å². The SMILES string of the molecule is Cc1ccc(N2CC(CNC(=O)CCOc3ccccc3)OCC2=O)cc1C. The number of benzene rings is 2. The number of amides is 2. The van der Waals surface area contributed by atoms with E-state index in [1.807, 2.05) is 62.4 Å². The molecule has 1 fully saturated rings. The Balaban J connectivity index is 1.45. The number of ether oxygens (including phenoxy) is 2. The average Bonchev–Trinajstić information content (AvgIpc) is 2.70. The average molecular weight is 382 g/mol. The zero-order chi connectivity index (χ0) is 19.9. The second kappa shape index (κ2) is 9.37. The molecule has 2 amide bonds. The molecule has 2 aromatic carbocycles. The highest BCUT2D eigenvalue weighted by Gasteiger charge is 2.27. The molecule has 1 aliphatic rings. The maximum Gasteiger partial charge on any atom is 0.253 e. The number of para-hydroxylation sites is 1. The van der Waals surface area contributed by atoms with Crippen LogP contribution in [0, 0.1) is 13.8 Å². The summed E-state index contributed by atoms with van der Waals surface area (Å²) in [5, 5.41) is 2.86. The summed E-state index contributed by atoms with van der Waals surface area (Å²) in [6.07, 6.45) is 0.0276. The summed E-state index contributed by atoms with van der Waals surface area (Å²) in [5.74, 6) is 0.574. The smallest absolute Gasteiger partial charge is 0.253 e. The molecular weight excluding hydrogens is 356 g/mol. The van der Waals surface area contributed by atoms with Gasteiger partial charge in [-0.15, -0.1) is 0 Å². The summed E-state index contributed by atoms with van der Waals surface area (Å²) in [7, 11) is 0. The maximum atomic E-state index is 12.2. The van der Waals surface area contributed by atoms with Crippen LogP contribution in [0.5, 0.6) is 5.75 Å². The second-order valence-corrected chi connectivity index (χ2v) is 6.92. The van der Waals surface area contributed by atoms with Crippen molar-refractivity contribution in [1.82, 2.24) is 5.32 Å². The van der Waals surface area contributed by atoms with E-state index in [4.69, 9.17) is 9.47 Å². The molecule has 0 spiro atoms. The molecular formula is C22H26N2O4. The van der Waals surface area contributed by atoms with Gasteiger partial charge in [-0.3, -0.25) is 9.59 Å². The van der Waals surface area contributed by atoms with E-state index in [9.17, 15) is 9.59 Å². The minimum Gasteiger partial charge on any atom is -0.493 e. The van der Waals surface area contributed by atoms with Gasteiger partial charge in [0.05, 0.1) is 25.7 Å². The molecule has 2 aromatic rings. The predicted molar refractivity (Wildman–Crippen MR) is 108 cm³/mol. The zero-order valence-electron chi connectivity index (χ0n) is 16.3. The lowest BCUT2D eigenvalue weighted by molar-refractivity contribution is -0.129. The first-order chi connectivity index (χ1) is 13.5. The highest BCUT2D eigenvalue weighted by molar-refractivity contribution is 5.95. The number of aryl methyl sites for hydroxylation is 2. The minimum atomic E-state index is -0.238. The second-order valence-electron chi connectivity index (χ2n) is 6.92. The Hall–Kier alpha value is -2.86. The number of nitrogens with zero attached hydrogens (tertiary/aromatic N) is 1. The van der Waals surface area contributed by atoms with Gasteiger partial charge in [-0.2, -0.15) is 0 Å². The van der Waals surface area contributed by atoms with Gasteiger partial charge in [-0.05, 0) is 49.2 Å². The highest BCUT2D eigenvalue weighted by atomic mass is 16.5. The lowest BCUT2D eigenvalue weighted by atomic mass is 10.1. The number of carbonyl (C=O) groups excluding carboxylic acids is 2. The van der Waals surface area contributed by atoms with E-state index < -0.39 is 0 Å². The highest BCUT2D eigenvalue weighted by Crippen LogP contribution is 2.21. The molecule has 0 radical (unpaired) electrons. The molecule has 1 atom stereocenters. The number of hydrogen-bond acceptors (Lipinski definition) is 4. The van der Waals surface area contributed by atoms with E-state index in [-0.39, 0.29) is 30.9 Å². The molecule has 0 bridgehead atoms. The fourth-order valence-electron chi connectivity index (χ4n) is 2.99. The van der Waals surface area contributed by atoms with Crippen molar-refractivity contribution in [3.63, 3.8) is 0 Å². The quantitative estimate of drug-likeness (QED) is 0.799. The zero-order valence-corrected chi connectivity index (χ0v) is 16.3. The van der Waals surface area contributed by atoms with Gasteiger partial charge in [0.25, 0.3) is 5.91 Å². The van der Waals surface area contributed by atoms with Crippen LogP contribution in [0.4, 0.5) is 5.69 Å². The molecule has 0 aliphatic carbocycles. The van der Waals surface area contributed by atoms with Crippen LogP contribution < -0.4 is 15.0 Å². The fourth-order valence-corrected chi connectivity index (χ4v) is 2.99. The normalized spacial score (nSPS) is 16.7. The van der Waals surface area contributed by atoms with E-state index in [0.717, 1.165) is 17.0 Å². The number of hydrogen-bond donors (Lipinski definition) is 1. The van der Waals surface area contributed by atoms with Gasteiger partial charge in [-0.25, -0.2) is 0 Å². The van der Waals surface area contributed by atoms with Crippen molar-refractivity contribution in [2.24, 2.45) is 0 Å². The van der Waals surface area contributed by atoms with Crippen LogP contribution in [0.2, 0.25) is 0 Å². The van der Waals surface area contributed by atoms with E-state index in [0.29, 0.717) is 19.7 Å². The number of morpholine rings is 1. The van der Waals surface area contributed by atoms with Crippen LogP contribution >= 0.6 is 0 Å². The molecule has 1 unspecified atom stereocenters. The van der Waals surface area contributed by atoms with Crippen molar-refractivity contribution in [3.8, 4) is 5.75 Å². The Labute approximate surface area is 165 Å². The first-order valence-corrected chi connectivity index (χ1v) is 9.46. The van der Waals surface area contributed by atoms with Gasteiger partial charge in [0.1, 0.15) is 12.4 Å². The topological polar surface area (TPSA) is 67.9 Å². The third-order valence-corrected chi connectivity index (χ3v) is 4.80. The van der Waals surface area contributed by atoms with Crippen LogP contribution in [0.3, 0.4) is 0 Å². The summed E-state index contributed by atoms with van der Waals surface area (Å²) >= 11 is 0. The van der Waals surface area contributed by atoms with Gasteiger partial charge in [0.15, 0.2) is 0 Å². The molecule has 28 heavy (non-hydrogen) atoms. The van der Waals surface area contributed by atoms with Gasteiger partial charge < -0.3 is 19.7 Å². The molecule has 6 heteroatoms. The van der Waals surface area contributed by atoms with Gasteiger partial charge in [-0.1, -0.05) is 24.3 Å². The maximum absolute atomic E-state index is 12.2. The molecule has 1 aliphatic heterocycles. The minimum absolute atomic E-state index is 0.0184. The molecule has 148 valence electrons. The van der Waals surface area contributed by atoms with Crippen LogP contribution in [0.15, 0.2) is 48.5 Å². The molecule has 0 saturated carbocycles. The molecule has 3 rings (SSSR count). The van der Waals surface area contributed by atoms with Crippen LogP contribution in [0.1, 0.15) is 17.5 Å². The Bertz CT molecular complexity index is 823. The summed E-state index contributed by atoms with van der Waals surface area (Å²) < 4.78 is 11.1. The van der Waals surface area contributed by atoms with Crippen molar-refractivity contribution in [1.29, 1.82) is 0 Å². The third-order valence-electron chi connectivity index (χ3n) is 4.80. The molecule has 0 aromatic heterocycles. The van der Waals surface area contributed by atoms with Gasteiger partial charge in [0, 0.05) is 12.2 Å². The first-order valence-electron chi connectivity index (χ1n) is 9.46. The first kappa shape index (κ1) is 19.9. The summed E-state index contributed by atoms with van der Waals surface area (Å²) in [5.41, 5.74) is 3.19. The van der Waals surface area contributed by atoms with E-state index in [2.05, 4.69) is 5.32 Å². The van der Waals surface area contributed by atoms with Crippen LogP contribution in [0.25, 0.3) is 0 Å². The summed E-state index contributed by atoms with van der Waals surface area (Å²) in [6.45, 7) is 5.18. The van der Waals surface area contributed by atoms with Crippen molar-refractivity contribution >= 4 is 17.5 Å². The summed E-state index contributed by atoms with van der Waals surface area (Å²) in [4.78, 5) is 26.0. The lowest BCUT2D eigenvalue weighted by Gasteiger charge is -2.33. The summed E-state index contributed by atoms with van der Waals surface area (Å²) in [6, 6.07) is 15.4. The van der Waals surface area contributed by atoms with E-state index in [1.165, 1.54) is 5.56 Å². The Morgan fingerprint density at radius 3 is 2.71 bits per heavy atom. The van der Waals surface area contributed by atoms with E-state index >= 15 is 0 Å². The van der Waals surface area contributed by atoms with Gasteiger partial charge in [0.2, 0.25) is 5.91 Å². The Kier molecular flexibility index (Phi) is 6.66. The lowest BCUT2D eigenvalue weighted by Crippen LogP contribution is -2.50. The standard InChI is InChI=1S/C22H26N2O4/c1-16-8-9-18(12-17(16)2)24-14-20(28-15-22(24)26)13-23-21(25)10-11-27-19-6-4-3-5-7-19/h3-9,12,20H,10-11,13-15H2,1-2H3,(H,23,25). The molecule has 6 nitrogen and oxygen atoms in total.